The molecule has 1 nitrogen and oxygen atoms in total. The molecule has 0 fully saturated rings. The lowest BCUT2D eigenvalue weighted by atomic mass is 9.95. The lowest BCUT2D eigenvalue weighted by molar-refractivity contribution is 0.338. The van der Waals surface area contributed by atoms with Crippen molar-refractivity contribution in [3.8, 4) is 16.9 Å². The quantitative estimate of drug-likeness (QED) is 0.212. The molecule has 0 saturated carbocycles. The van der Waals surface area contributed by atoms with Gasteiger partial charge in [0, 0.05) is 3.57 Å². The van der Waals surface area contributed by atoms with E-state index < -0.39 is 0 Å². The SMILES string of the molecule is CCCCCCCCc1cc(I)c(OCC)cc1-c1ccc(I)cc1. The van der Waals surface area contributed by atoms with E-state index in [2.05, 4.69) is 88.5 Å². The largest absolute Gasteiger partial charge is 0.493 e. The Morgan fingerprint density at radius 1 is 0.840 bits per heavy atom. The molecule has 2 aromatic rings. The van der Waals surface area contributed by atoms with Crippen molar-refractivity contribution in [2.45, 2.75) is 58.8 Å². The van der Waals surface area contributed by atoms with Crippen LogP contribution >= 0.6 is 45.2 Å². The van der Waals surface area contributed by atoms with E-state index in [1.165, 1.54) is 62.4 Å². The molecule has 0 aliphatic rings. The molecular formula is C22H28I2O. The van der Waals surface area contributed by atoms with E-state index in [9.17, 15) is 0 Å². The molecule has 0 amide bonds. The molecule has 0 unspecified atom stereocenters. The molecule has 0 atom stereocenters. The molecule has 25 heavy (non-hydrogen) atoms. The van der Waals surface area contributed by atoms with Crippen molar-refractivity contribution in [2.24, 2.45) is 0 Å². The summed E-state index contributed by atoms with van der Waals surface area (Å²) in [6.45, 7) is 5.03. The van der Waals surface area contributed by atoms with Gasteiger partial charge in [-0.25, -0.2) is 0 Å². The van der Waals surface area contributed by atoms with Crippen molar-refractivity contribution in [1.29, 1.82) is 0 Å². The highest BCUT2D eigenvalue weighted by Crippen LogP contribution is 2.33. The Morgan fingerprint density at radius 3 is 2.20 bits per heavy atom. The molecule has 0 bridgehead atoms. The minimum Gasteiger partial charge on any atom is -0.493 e. The summed E-state index contributed by atoms with van der Waals surface area (Å²) in [6, 6.07) is 13.4. The third-order valence-corrected chi connectivity index (χ3v) is 5.97. The first kappa shape index (κ1) is 21.0. The maximum atomic E-state index is 5.84. The fourth-order valence-electron chi connectivity index (χ4n) is 3.06. The number of hydrogen-bond donors (Lipinski definition) is 0. The van der Waals surface area contributed by atoms with Gasteiger partial charge in [0.05, 0.1) is 10.2 Å². The molecule has 0 radical (unpaired) electrons. The van der Waals surface area contributed by atoms with Gasteiger partial charge in [0.25, 0.3) is 0 Å². The molecule has 2 rings (SSSR count). The lowest BCUT2D eigenvalue weighted by Crippen LogP contribution is -1.98. The Balaban J connectivity index is 2.18. The van der Waals surface area contributed by atoms with Crippen LogP contribution < -0.4 is 4.74 Å². The molecule has 0 saturated heterocycles. The van der Waals surface area contributed by atoms with Gasteiger partial charge in [0.2, 0.25) is 0 Å². The van der Waals surface area contributed by atoms with E-state index in [-0.39, 0.29) is 0 Å². The van der Waals surface area contributed by atoms with E-state index in [0.29, 0.717) is 6.61 Å². The van der Waals surface area contributed by atoms with Gasteiger partial charge in [-0.05, 0) is 106 Å². The fourth-order valence-corrected chi connectivity index (χ4v) is 4.11. The summed E-state index contributed by atoms with van der Waals surface area (Å²) in [5.41, 5.74) is 4.07. The lowest BCUT2D eigenvalue weighted by Gasteiger charge is -2.15. The van der Waals surface area contributed by atoms with Crippen molar-refractivity contribution in [3.63, 3.8) is 0 Å². The number of ether oxygens (including phenoxy) is 1. The van der Waals surface area contributed by atoms with Crippen LogP contribution in [0.4, 0.5) is 0 Å². The van der Waals surface area contributed by atoms with Gasteiger partial charge >= 0.3 is 0 Å². The molecule has 0 aliphatic carbocycles. The van der Waals surface area contributed by atoms with Crippen LogP contribution in [0.15, 0.2) is 36.4 Å². The first-order chi connectivity index (χ1) is 12.2. The van der Waals surface area contributed by atoms with Crippen molar-refractivity contribution in [2.75, 3.05) is 6.61 Å². The Labute approximate surface area is 180 Å². The molecule has 3 heteroatoms. The van der Waals surface area contributed by atoms with Gasteiger partial charge in [-0.1, -0.05) is 51.2 Å². The second-order valence-corrected chi connectivity index (χ2v) is 8.81. The first-order valence-electron chi connectivity index (χ1n) is 9.36. The van der Waals surface area contributed by atoms with Crippen LogP contribution in [-0.4, -0.2) is 6.61 Å². The monoisotopic (exact) mass is 562 g/mol. The second-order valence-electron chi connectivity index (χ2n) is 6.40. The van der Waals surface area contributed by atoms with Crippen LogP contribution in [0.3, 0.4) is 0 Å². The van der Waals surface area contributed by atoms with Crippen molar-refractivity contribution in [1.82, 2.24) is 0 Å². The zero-order valence-electron chi connectivity index (χ0n) is 15.3. The van der Waals surface area contributed by atoms with Gasteiger partial charge < -0.3 is 4.74 Å². The summed E-state index contributed by atoms with van der Waals surface area (Å²) < 4.78 is 8.33. The molecule has 2 aromatic carbocycles. The predicted molar refractivity (Wildman–Crippen MR) is 126 cm³/mol. The van der Waals surface area contributed by atoms with Crippen LogP contribution in [-0.2, 0) is 6.42 Å². The van der Waals surface area contributed by atoms with Gasteiger partial charge in [-0.3, -0.25) is 0 Å². The van der Waals surface area contributed by atoms with E-state index in [1.54, 1.807) is 0 Å². The van der Waals surface area contributed by atoms with E-state index in [0.717, 1.165) is 12.2 Å². The predicted octanol–water partition coefficient (Wildman–Crippen LogP) is 7.86. The van der Waals surface area contributed by atoms with Gasteiger partial charge in [0.15, 0.2) is 0 Å². The van der Waals surface area contributed by atoms with Crippen LogP contribution in [0.1, 0.15) is 57.9 Å². The topological polar surface area (TPSA) is 9.23 Å². The van der Waals surface area contributed by atoms with Crippen molar-refractivity contribution in [3.05, 3.63) is 49.1 Å². The molecule has 136 valence electrons. The average Bonchev–Trinajstić information content (AvgIpc) is 2.61. The number of aryl methyl sites for hydroxylation is 1. The average molecular weight is 562 g/mol. The Bertz CT molecular complexity index is 650. The Kier molecular flexibility index (Phi) is 9.60. The molecular weight excluding hydrogens is 534 g/mol. The van der Waals surface area contributed by atoms with Crippen LogP contribution in [0, 0.1) is 7.14 Å². The number of benzene rings is 2. The first-order valence-corrected chi connectivity index (χ1v) is 11.5. The highest BCUT2D eigenvalue weighted by Gasteiger charge is 2.11. The summed E-state index contributed by atoms with van der Waals surface area (Å²) in [4.78, 5) is 0. The standard InChI is InChI=1S/C22H28I2O/c1-3-5-6-7-8-9-10-18-15-21(24)22(25-4-2)16-20(18)17-11-13-19(23)14-12-17/h11-16H,3-10H2,1-2H3. The third kappa shape index (κ3) is 6.74. The summed E-state index contributed by atoms with van der Waals surface area (Å²) >= 11 is 4.77. The van der Waals surface area contributed by atoms with E-state index in [4.69, 9.17) is 4.74 Å². The Hall–Kier alpha value is -0.300. The van der Waals surface area contributed by atoms with Crippen molar-refractivity contribution >= 4 is 45.2 Å². The zero-order valence-corrected chi connectivity index (χ0v) is 19.6. The number of halogens is 2. The summed E-state index contributed by atoms with van der Waals surface area (Å²) in [5, 5.41) is 0. The van der Waals surface area contributed by atoms with E-state index >= 15 is 0 Å². The number of rotatable bonds is 10. The van der Waals surface area contributed by atoms with Gasteiger partial charge in [-0.2, -0.15) is 0 Å². The normalized spacial score (nSPS) is 10.9. The molecule has 0 aromatic heterocycles. The number of hydrogen-bond acceptors (Lipinski definition) is 1. The van der Waals surface area contributed by atoms with Crippen LogP contribution in [0.2, 0.25) is 0 Å². The third-order valence-electron chi connectivity index (χ3n) is 4.41. The number of unbranched alkanes of at least 4 members (excludes halogenated alkanes) is 5. The minimum absolute atomic E-state index is 0.707. The van der Waals surface area contributed by atoms with E-state index in [1.807, 2.05) is 6.92 Å². The highest BCUT2D eigenvalue weighted by molar-refractivity contribution is 14.1. The van der Waals surface area contributed by atoms with Gasteiger partial charge in [-0.15, -0.1) is 0 Å². The Morgan fingerprint density at radius 2 is 1.52 bits per heavy atom. The highest BCUT2D eigenvalue weighted by atomic mass is 127. The maximum Gasteiger partial charge on any atom is 0.133 e. The smallest absolute Gasteiger partial charge is 0.133 e. The fraction of sp³-hybridized carbons (Fsp3) is 0.455. The van der Waals surface area contributed by atoms with Crippen LogP contribution in [0.25, 0.3) is 11.1 Å². The summed E-state index contributed by atoms with van der Waals surface area (Å²) in [5.74, 6) is 1.00. The zero-order chi connectivity index (χ0) is 18.1. The second kappa shape index (κ2) is 11.4. The molecule has 0 aliphatic heterocycles. The van der Waals surface area contributed by atoms with Gasteiger partial charge in [0.1, 0.15) is 5.75 Å². The molecule has 0 spiro atoms. The summed E-state index contributed by atoms with van der Waals surface area (Å²) in [6.07, 6.45) is 9.17. The minimum atomic E-state index is 0.707. The molecule has 0 N–H and O–H groups in total. The maximum absolute atomic E-state index is 5.84. The summed E-state index contributed by atoms with van der Waals surface area (Å²) in [7, 11) is 0. The van der Waals surface area contributed by atoms with Crippen molar-refractivity contribution < 1.29 is 4.74 Å². The van der Waals surface area contributed by atoms with Crippen LogP contribution in [0.5, 0.6) is 5.75 Å². The molecule has 0 heterocycles.